The second-order valence-electron chi connectivity index (χ2n) is 5.68. The summed E-state index contributed by atoms with van der Waals surface area (Å²) in [6.45, 7) is 1.44. The molecular formula is C15H19ClN6O3. The molecule has 1 aromatic carbocycles. The Kier molecular flexibility index (Phi) is 6.05. The van der Waals surface area contributed by atoms with Gasteiger partial charge in [0, 0.05) is 31.3 Å². The fraction of sp³-hybridized carbons (Fsp3) is 0.400. The molecule has 1 atom stereocenters. The number of carbonyl (C=O) groups excluding carboxylic acids is 1. The SMILES string of the molecule is CNCC1CCCN1C(=O)c1cn(-c2cccc([N+](=O)[O-])c2)nn1.Cl. The van der Waals surface area contributed by atoms with Gasteiger partial charge in [-0.05, 0) is 26.0 Å². The van der Waals surface area contributed by atoms with Crippen LogP contribution >= 0.6 is 12.4 Å². The van der Waals surface area contributed by atoms with Crippen LogP contribution in [0.25, 0.3) is 5.69 Å². The maximum absolute atomic E-state index is 12.6. The second-order valence-corrected chi connectivity index (χ2v) is 5.68. The van der Waals surface area contributed by atoms with E-state index in [4.69, 9.17) is 0 Å². The molecule has 1 fully saturated rings. The summed E-state index contributed by atoms with van der Waals surface area (Å²) < 4.78 is 1.38. The molecule has 10 heteroatoms. The monoisotopic (exact) mass is 366 g/mol. The van der Waals surface area contributed by atoms with Crippen LogP contribution in [0.1, 0.15) is 23.3 Å². The topological polar surface area (TPSA) is 106 Å². The van der Waals surface area contributed by atoms with E-state index in [0.717, 1.165) is 19.4 Å². The summed E-state index contributed by atoms with van der Waals surface area (Å²) >= 11 is 0. The van der Waals surface area contributed by atoms with E-state index in [0.29, 0.717) is 12.2 Å². The summed E-state index contributed by atoms with van der Waals surface area (Å²) in [6, 6.07) is 6.20. The molecular weight excluding hydrogens is 348 g/mol. The maximum Gasteiger partial charge on any atom is 0.276 e. The smallest absolute Gasteiger partial charge is 0.276 e. The van der Waals surface area contributed by atoms with Gasteiger partial charge in [-0.25, -0.2) is 4.68 Å². The summed E-state index contributed by atoms with van der Waals surface area (Å²) in [6.07, 6.45) is 3.44. The van der Waals surface area contributed by atoms with Crippen LogP contribution in [0.15, 0.2) is 30.5 Å². The fourth-order valence-corrected chi connectivity index (χ4v) is 2.94. The largest absolute Gasteiger partial charge is 0.333 e. The van der Waals surface area contributed by atoms with Crippen LogP contribution in [-0.2, 0) is 0 Å². The molecule has 134 valence electrons. The molecule has 0 spiro atoms. The molecule has 0 radical (unpaired) electrons. The summed E-state index contributed by atoms with van der Waals surface area (Å²) in [7, 11) is 1.86. The van der Waals surface area contributed by atoms with Crippen molar-refractivity contribution in [3.63, 3.8) is 0 Å². The second kappa shape index (κ2) is 8.04. The number of nitro groups is 1. The van der Waals surface area contributed by atoms with Gasteiger partial charge >= 0.3 is 0 Å². The third-order valence-electron chi connectivity index (χ3n) is 4.10. The van der Waals surface area contributed by atoms with E-state index in [1.165, 1.54) is 23.0 Å². The lowest BCUT2D eigenvalue weighted by Gasteiger charge is -2.23. The molecule has 2 aromatic rings. The Labute approximate surface area is 150 Å². The summed E-state index contributed by atoms with van der Waals surface area (Å²) in [5.41, 5.74) is 0.693. The van der Waals surface area contributed by atoms with Crippen LogP contribution < -0.4 is 5.32 Å². The van der Waals surface area contributed by atoms with Gasteiger partial charge < -0.3 is 10.2 Å². The van der Waals surface area contributed by atoms with Crippen LogP contribution in [0.2, 0.25) is 0 Å². The Morgan fingerprint density at radius 2 is 2.28 bits per heavy atom. The van der Waals surface area contributed by atoms with E-state index in [2.05, 4.69) is 15.6 Å². The third-order valence-corrected chi connectivity index (χ3v) is 4.10. The summed E-state index contributed by atoms with van der Waals surface area (Å²) in [5.74, 6) is -0.163. The number of likely N-dealkylation sites (N-methyl/N-ethyl adjacent to an activating group) is 1. The molecule has 0 bridgehead atoms. The van der Waals surface area contributed by atoms with Gasteiger partial charge in [-0.15, -0.1) is 17.5 Å². The van der Waals surface area contributed by atoms with Gasteiger partial charge in [0.15, 0.2) is 5.69 Å². The highest BCUT2D eigenvalue weighted by atomic mass is 35.5. The van der Waals surface area contributed by atoms with Crippen LogP contribution in [0.4, 0.5) is 5.69 Å². The van der Waals surface area contributed by atoms with E-state index >= 15 is 0 Å². The number of benzene rings is 1. The predicted octanol–water partition coefficient (Wildman–Crippen LogP) is 1.42. The highest BCUT2D eigenvalue weighted by molar-refractivity contribution is 5.92. The zero-order valence-electron chi connectivity index (χ0n) is 13.7. The van der Waals surface area contributed by atoms with E-state index in [1.54, 1.807) is 17.0 Å². The van der Waals surface area contributed by atoms with Crippen LogP contribution in [-0.4, -0.2) is 56.9 Å². The Balaban J connectivity index is 0.00000225. The van der Waals surface area contributed by atoms with Gasteiger partial charge in [0.1, 0.15) is 0 Å². The lowest BCUT2D eigenvalue weighted by atomic mass is 10.2. The first-order valence-corrected chi connectivity index (χ1v) is 7.73. The number of likely N-dealkylation sites (tertiary alicyclic amines) is 1. The average molecular weight is 367 g/mol. The fourth-order valence-electron chi connectivity index (χ4n) is 2.94. The van der Waals surface area contributed by atoms with Gasteiger partial charge in [0.2, 0.25) is 0 Å². The number of hydrogen-bond donors (Lipinski definition) is 1. The molecule has 3 rings (SSSR count). The van der Waals surface area contributed by atoms with Crippen LogP contribution in [0.3, 0.4) is 0 Å². The Bertz CT molecular complexity index is 765. The average Bonchev–Trinajstić information content (AvgIpc) is 3.24. The van der Waals surface area contributed by atoms with Gasteiger partial charge in [-0.1, -0.05) is 11.3 Å². The number of nitrogens with zero attached hydrogens (tertiary/aromatic N) is 5. The lowest BCUT2D eigenvalue weighted by Crippen LogP contribution is -2.41. The molecule has 1 aliphatic heterocycles. The van der Waals surface area contributed by atoms with Gasteiger partial charge in [-0.2, -0.15) is 0 Å². The van der Waals surface area contributed by atoms with Crippen molar-refractivity contribution < 1.29 is 9.72 Å². The number of aromatic nitrogens is 3. The number of carbonyl (C=O) groups is 1. The molecule has 9 nitrogen and oxygen atoms in total. The zero-order chi connectivity index (χ0) is 17.1. The first-order valence-electron chi connectivity index (χ1n) is 7.73. The van der Waals surface area contributed by atoms with Crippen molar-refractivity contribution in [1.29, 1.82) is 0 Å². The molecule has 1 unspecified atom stereocenters. The van der Waals surface area contributed by atoms with Gasteiger partial charge in [-0.3, -0.25) is 14.9 Å². The Hall–Kier alpha value is -2.52. The molecule has 1 aliphatic rings. The van der Waals surface area contributed by atoms with Crippen molar-refractivity contribution in [2.45, 2.75) is 18.9 Å². The van der Waals surface area contributed by atoms with E-state index in [1.807, 2.05) is 7.05 Å². The molecule has 0 saturated carbocycles. The van der Waals surface area contributed by atoms with Crippen molar-refractivity contribution in [2.75, 3.05) is 20.1 Å². The Morgan fingerprint density at radius 1 is 1.48 bits per heavy atom. The first-order chi connectivity index (χ1) is 11.6. The number of non-ortho nitro benzene ring substituents is 1. The highest BCUT2D eigenvalue weighted by Gasteiger charge is 2.30. The van der Waals surface area contributed by atoms with Crippen molar-refractivity contribution in [3.05, 3.63) is 46.3 Å². The van der Waals surface area contributed by atoms with Crippen LogP contribution in [0.5, 0.6) is 0 Å². The number of nitrogens with one attached hydrogen (secondary N) is 1. The standard InChI is InChI=1S/C15H18N6O3.ClH/c1-16-9-13-6-3-7-19(13)15(22)14-10-20(18-17-14)11-4-2-5-12(8-11)21(23)24;/h2,4-5,8,10,13,16H,3,6-7,9H2,1H3;1H. The normalized spacial score (nSPS) is 16.5. The number of rotatable bonds is 5. The molecule has 1 amide bonds. The van der Waals surface area contributed by atoms with Crippen molar-refractivity contribution in [3.8, 4) is 5.69 Å². The number of nitro benzene ring substituents is 1. The van der Waals surface area contributed by atoms with Gasteiger partial charge in [0.25, 0.3) is 11.6 Å². The molecule has 0 aliphatic carbocycles. The van der Waals surface area contributed by atoms with E-state index in [-0.39, 0.29) is 35.7 Å². The van der Waals surface area contributed by atoms with E-state index in [9.17, 15) is 14.9 Å². The number of halogens is 1. The first kappa shape index (κ1) is 18.8. The highest BCUT2D eigenvalue weighted by Crippen LogP contribution is 2.20. The molecule has 2 heterocycles. The maximum atomic E-state index is 12.6. The van der Waals surface area contributed by atoms with Crippen molar-refractivity contribution in [1.82, 2.24) is 25.2 Å². The third kappa shape index (κ3) is 3.94. The van der Waals surface area contributed by atoms with E-state index < -0.39 is 4.92 Å². The lowest BCUT2D eigenvalue weighted by molar-refractivity contribution is -0.384. The van der Waals surface area contributed by atoms with Crippen LogP contribution in [0, 0.1) is 10.1 Å². The minimum Gasteiger partial charge on any atom is -0.333 e. The summed E-state index contributed by atoms with van der Waals surface area (Å²) in [4.78, 5) is 24.8. The predicted molar refractivity (Wildman–Crippen MR) is 93.2 cm³/mol. The van der Waals surface area contributed by atoms with Crippen molar-refractivity contribution in [2.24, 2.45) is 0 Å². The minimum atomic E-state index is -0.473. The molecule has 1 aromatic heterocycles. The van der Waals surface area contributed by atoms with Gasteiger partial charge in [0.05, 0.1) is 16.8 Å². The quantitative estimate of drug-likeness (QED) is 0.633. The zero-order valence-corrected chi connectivity index (χ0v) is 14.5. The molecule has 25 heavy (non-hydrogen) atoms. The van der Waals surface area contributed by atoms with Crippen molar-refractivity contribution >= 4 is 24.0 Å². The Morgan fingerprint density at radius 3 is 3.00 bits per heavy atom. The molecule has 1 saturated heterocycles. The summed E-state index contributed by atoms with van der Waals surface area (Å²) in [5, 5.41) is 21.8. The number of hydrogen-bond acceptors (Lipinski definition) is 6. The minimum absolute atomic E-state index is 0. The number of amides is 1. The molecule has 1 N–H and O–H groups in total.